The molecule has 1 fully saturated rings. The molecule has 3 nitrogen and oxygen atoms in total. The molecule has 2 atom stereocenters. The molecule has 0 bridgehead atoms. The Hall–Kier alpha value is -2.55. The Morgan fingerprint density at radius 1 is 0.900 bits per heavy atom. The summed E-state index contributed by atoms with van der Waals surface area (Å²) in [4.78, 5) is 13.0. The van der Waals surface area contributed by atoms with E-state index in [1.54, 1.807) is 0 Å². The molecule has 0 unspecified atom stereocenters. The van der Waals surface area contributed by atoms with E-state index in [1.807, 2.05) is 4.90 Å². The van der Waals surface area contributed by atoms with Crippen molar-refractivity contribution in [3.8, 4) is 0 Å². The summed E-state index contributed by atoms with van der Waals surface area (Å²) in [5.74, 6) is -1.17. The lowest BCUT2D eigenvalue weighted by atomic mass is 9.97. The molecule has 9 heteroatoms. The third kappa shape index (κ3) is 5.33. The third-order valence-corrected chi connectivity index (χ3v) is 5.24. The molecule has 1 heterocycles. The molecule has 0 aliphatic carbocycles. The van der Waals surface area contributed by atoms with Crippen molar-refractivity contribution in [2.24, 2.45) is 5.92 Å². The fourth-order valence-electron chi connectivity index (χ4n) is 3.84. The van der Waals surface area contributed by atoms with Crippen LogP contribution in [0.5, 0.6) is 0 Å². The number of hydrogen-bond acceptors (Lipinski definition) is 2. The first-order chi connectivity index (χ1) is 13.9. The summed E-state index contributed by atoms with van der Waals surface area (Å²) >= 11 is 0. The Kier molecular flexibility index (Phi) is 6.12. The number of aliphatic carboxylic acids is 1. The average Bonchev–Trinajstić information content (AvgIpc) is 3.02. The third-order valence-electron chi connectivity index (χ3n) is 5.24. The zero-order valence-electron chi connectivity index (χ0n) is 15.7. The number of nitrogens with zero attached hydrogens (tertiary/aromatic N) is 1. The molecule has 0 radical (unpaired) electrons. The van der Waals surface area contributed by atoms with E-state index in [1.165, 1.54) is 24.3 Å². The largest absolute Gasteiger partial charge is 0.481 e. The van der Waals surface area contributed by atoms with Gasteiger partial charge in [-0.1, -0.05) is 24.3 Å². The molecule has 0 amide bonds. The molecule has 0 saturated carbocycles. The van der Waals surface area contributed by atoms with Crippen LogP contribution in [0.25, 0.3) is 0 Å². The molecular weight excluding hydrogens is 412 g/mol. The number of likely N-dealkylation sites (tertiary alicyclic amines) is 1. The van der Waals surface area contributed by atoms with Crippen LogP contribution in [0.15, 0.2) is 48.5 Å². The van der Waals surface area contributed by atoms with Crippen LogP contribution in [0, 0.1) is 5.92 Å². The number of carboxylic acid groups (broad SMARTS) is 1. The van der Waals surface area contributed by atoms with Crippen LogP contribution in [-0.4, -0.2) is 22.5 Å². The van der Waals surface area contributed by atoms with Crippen LogP contribution in [0.1, 0.15) is 41.1 Å². The highest BCUT2D eigenvalue weighted by atomic mass is 19.4. The van der Waals surface area contributed by atoms with Crippen LogP contribution in [-0.2, 0) is 23.7 Å². The fourth-order valence-corrected chi connectivity index (χ4v) is 3.84. The molecule has 1 aliphatic heterocycles. The smallest absolute Gasteiger partial charge is 0.416 e. The number of benzene rings is 2. The van der Waals surface area contributed by atoms with Crippen molar-refractivity contribution < 1.29 is 36.2 Å². The second-order valence-electron chi connectivity index (χ2n) is 7.46. The van der Waals surface area contributed by atoms with Crippen LogP contribution in [0.3, 0.4) is 0 Å². The van der Waals surface area contributed by atoms with Crippen molar-refractivity contribution in [3.05, 3.63) is 70.8 Å². The van der Waals surface area contributed by atoms with Crippen molar-refractivity contribution in [2.75, 3.05) is 6.54 Å². The van der Waals surface area contributed by atoms with Gasteiger partial charge in [-0.05, 0) is 47.7 Å². The van der Waals surface area contributed by atoms with Gasteiger partial charge in [0.1, 0.15) is 0 Å². The Balaban J connectivity index is 1.81. The zero-order valence-corrected chi connectivity index (χ0v) is 15.7. The Labute approximate surface area is 168 Å². The first-order valence-corrected chi connectivity index (χ1v) is 9.22. The summed E-state index contributed by atoms with van der Waals surface area (Å²) in [5.41, 5.74) is -0.324. The maximum absolute atomic E-state index is 12.8. The van der Waals surface area contributed by atoms with Crippen molar-refractivity contribution in [2.45, 2.75) is 37.8 Å². The number of halogens is 6. The van der Waals surface area contributed by atoms with E-state index in [0.29, 0.717) is 24.1 Å². The van der Waals surface area contributed by atoms with Gasteiger partial charge in [-0.3, -0.25) is 9.69 Å². The quantitative estimate of drug-likeness (QED) is 0.612. The minimum Gasteiger partial charge on any atom is -0.481 e. The van der Waals surface area contributed by atoms with Crippen LogP contribution < -0.4 is 0 Å². The second kappa shape index (κ2) is 8.29. The lowest BCUT2D eigenvalue weighted by Gasteiger charge is -2.25. The minimum atomic E-state index is -4.46. The fraction of sp³-hybridized carbons (Fsp3) is 0.381. The SMILES string of the molecule is O=C(O)C[C@@H]1C[C@@H](c2ccc(C(F)(F)F)cc2)N(Cc2ccc(C(F)(F)F)cc2)C1. The van der Waals surface area contributed by atoms with Gasteiger partial charge in [-0.15, -0.1) is 0 Å². The number of carbonyl (C=O) groups is 1. The minimum absolute atomic E-state index is 0.0827. The Morgan fingerprint density at radius 2 is 1.40 bits per heavy atom. The molecule has 1 aliphatic rings. The van der Waals surface area contributed by atoms with Gasteiger partial charge in [0.25, 0.3) is 0 Å². The van der Waals surface area contributed by atoms with E-state index >= 15 is 0 Å². The Bertz CT molecular complexity index is 874. The lowest BCUT2D eigenvalue weighted by Crippen LogP contribution is -2.24. The highest BCUT2D eigenvalue weighted by Crippen LogP contribution is 2.39. The highest BCUT2D eigenvalue weighted by Gasteiger charge is 2.36. The first-order valence-electron chi connectivity index (χ1n) is 9.22. The van der Waals surface area contributed by atoms with Crippen molar-refractivity contribution >= 4 is 5.97 Å². The maximum Gasteiger partial charge on any atom is 0.416 e. The molecule has 0 spiro atoms. The summed E-state index contributed by atoms with van der Waals surface area (Å²) < 4.78 is 76.7. The molecule has 1 N–H and O–H groups in total. The zero-order chi connectivity index (χ0) is 22.1. The van der Waals surface area contributed by atoms with Gasteiger partial charge < -0.3 is 5.11 Å². The monoisotopic (exact) mass is 431 g/mol. The highest BCUT2D eigenvalue weighted by molar-refractivity contribution is 5.67. The van der Waals surface area contributed by atoms with Gasteiger partial charge in [0, 0.05) is 25.6 Å². The average molecular weight is 431 g/mol. The van der Waals surface area contributed by atoms with E-state index in [4.69, 9.17) is 5.11 Å². The predicted molar refractivity (Wildman–Crippen MR) is 96.4 cm³/mol. The topological polar surface area (TPSA) is 40.5 Å². The lowest BCUT2D eigenvalue weighted by molar-refractivity contribution is -0.138. The summed E-state index contributed by atoms with van der Waals surface area (Å²) in [5, 5.41) is 9.09. The van der Waals surface area contributed by atoms with Gasteiger partial charge >= 0.3 is 18.3 Å². The molecule has 0 aromatic heterocycles. The number of hydrogen-bond donors (Lipinski definition) is 1. The maximum atomic E-state index is 12.8. The van der Waals surface area contributed by atoms with Crippen LogP contribution in [0.2, 0.25) is 0 Å². The van der Waals surface area contributed by atoms with Crippen LogP contribution in [0.4, 0.5) is 26.3 Å². The van der Waals surface area contributed by atoms with E-state index in [0.717, 1.165) is 24.3 Å². The standard InChI is InChI=1S/C21H19F6NO2/c22-20(23,24)16-5-1-13(2-6-16)11-28-12-14(10-19(29)30)9-18(28)15-3-7-17(8-4-15)21(25,26)27/h1-8,14,18H,9-12H2,(H,29,30)/t14-,18-/m0/s1. The van der Waals surface area contributed by atoms with Crippen molar-refractivity contribution in [3.63, 3.8) is 0 Å². The summed E-state index contributed by atoms with van der Waals surface area (Å²) in [6.45, 7) is 0.652. The van der Waals surface area contributed by atoms with Gasteiger partial charge in [0.05, 0.1) is 11.1 Å². The normalized spacial score (nSPS) is 20.5. The number of alkyl halides is 6. The van der Waals surface area contributed by atoms with E-state index in [9.17, 15) is 31.1 Å². The molecular formula is C21H19F6NO2. The molecule has 30 heavy (non-hydrogen) atoms. The Morgan fingerprint density at radius 3 is 1.87 bits per heavy atom. The van der Waals surface area contributed by atoms with Gasteiger partial charge in [0.2, 0.25) is 0 Å². The second-order valence-corrected chi connectivity index (χ2v) is 7.46. The van der Waals surface area contributed by atoms with Gasteiger partial charge in [0.15, 0.2) is 0 Å². The molecule has 2 aromatic carbocycles. The molecule has 1 saturated heterocycles. The van der Waals surface area contributed by atoms with Crippen LogP contribution >= 0.6 is 0 Å². The summed E-state index contributed by atoms with van der Waals surface area (Å²) in [7, 11) is 0. The van der Waals surface area contributed by atoms with E-state index in [2.05, 4.69) is 0 Å². The predicted octanol–water partition coefficient (Wildman–Crippen LogP) is 5.76. The van der Waals surface area contributed by atoms with E-state index in [-0.39, 0.29) is 24.9 Å². The molecule has 3 rings (SSSR count). The summed E-state index contributed by atoms with van der Waals surface area (Å²) in [6, 6.07) is 9.06. The number of rotatable bonds is 5. The van der Waals surface area contributed by atoms with Gasteiger partial charge in [-0.2, -0.15) is 26.3 Å². The number of carboxylic acids is 1. The van der Waals surface area contributed by atoms with Gasteiger partial charge in [-0.25, -0.2) is 0 Å². The van der Waals surface area contributed by atoms with E-state index < -0.39 is 29.4 Å². The molecule has 162 valence electrons. The van der Waals surface area contributed by atoms with Crippen molar-refractivity contribution in [1.29, 1.82) is 0 Å². The molecule has 2 aromatic rings. The first kappa shape index (κ1) is 22.1. The van der Waals surface area contributed by atoms with Crippen molar-refractivity contribution in [1.82, 2.24) is 4.90 Å². The summed E-state index contributed by atoms with van der Waals surface area (Å²) in [6.07, 6.45) is -8.54.